The number of rotatable bonds is 5. The molecule has 2 N–H and O–H groups in total. The standard InChI is InChI=1S/C12H12FNO3/c1-2-4-10(12(16)17)14-11(15)8-5-3-6-9(13)7-8/h2-3,5-7,10H,1,4H2,(H,14,15)(H,16,17)/t10-/m1/s1. The largest absolute Gasteiger partial charge is 0.480 e. The van der Waals surface area contributed by atoms with Gasteiger partial charge in [-0.05, 0) is 24.6 Å². The Morgan fingerprint density at radius 1 is 1.53 bits per heavy atom. The molecule has 90 valence electrons. The number of nitrogens with one attached hydrogen (secondary N) is 1. The molecule has 1 aromatic carbocycles. The van der Waals surface area contributed by atoms with Crippen LogP contribution >= 0.6 is 0 Å². The van der Waals surface area contributed by atoms with Crippen molar-refractivity contribution in [2.24, 2.45) is 0 Å². The lowest BCUT2D eigenvalue weighted by atomic mass is 10.1. The van der Waals surface area contributed by atoms with E-state index in [9.17, 15) is 14.0 Å². The summed E-state index contributed by atoms with van der Waals surface area (Å²) in [5.41, 5.74) is 0.0836. The number of carbonyl (C=O) groups excluding carboxylic acids is 1. The molecule has 0 saturated carbocycles. The molecule has 0 fully saturated rings. The minimum atomic E-state index is -1.16. The Bertz CT molecular complexity index is 445. The van der Waals surface area contributed by atoms with Crippen molar-refractivity contribution in [2.45, 2.75) is 12.5 Å². The van der Waals surface area contributed by atoms with E-state index in [1.165, 1.54) is 24.3 Å². The molecule has 1 aromatic rings. The molecule has 0 spiro atoms. The Labute approximate surface area is 97.8 Å². The topological polar surface area (TPSA) is 66.4 Å². The minimum Gasteiger partial charge on any atom is -0.480 e. The van der Waals surface area contributed by atoms with Gasteiger partial charge in [0.2, 0.25) is 0 Å². The SMILES string of the molecule is C=CC[C@@H](NC(=O)c1cccc(F)c1)C(=O)O. The highest BCUT2D eigenvalue weighted by atomic mass is 19.1. The van der Waals surface area contributed by atoms with Crippen molar-refractivity contribution >= 4 is 11.9 Å². The zero-order valence-corrected chi connectivity index (χ0v) is 9.02. The Balaban J connectivity index is 2.77. The molecule has 4 nitrogen and oxygen atoms in total. The fourth-order valence-corrected chi connectivity index (χ4v) is 1.26. The van der Waals surface area contributed by atoms with Crippen molar-refractivity contribution in [2.75, 3.05) is 0 Å². The molecule has 1 rings (SSSR count). The third-order valence-corrected chi connectivity index (χ3v) is 2.09. The number of hydrogen-bond donors (Lipinski definition) is 2. The van der Waals surface area contributed by atoms with Gasteiger partial charge in [0.05, 0.1) is 0 Å². The van der Waals surface area contributed by atoms with Crippen LogP contribution in [-0.2, 0) is 4.79 Å². The van der Waals surface area contributed by atoms with Gasteiger partial charge in [-0.25, -0.2) is 9.18 Å². The predicted octanol–water partition coefficient (Wildman–Crippen LogP) is 1.58. The number of halogens is 1. The monoisotopic (exact) mass is 237 g/mol. The summed E-state index contributed by atoms with van der Waals surface area (Å²) in [5.74, 6) is -2.33. The van der Waals surface area contributed by atoms with E-state index >= 15 is 0 Å². The van der Waals surface area contributed by atoms with Crippen LogP contribution in [0.25, 0.3) is 0 Å². The molecule has 5 heteroatoms. The van der Waals surface area contributed by atoms with Crippen LogP contribution in [-0.4, -0.2) is 23.0 Å². The number of carbonyl (C=O) groups is 2. The fourth-order valence-electron chi connectivity index (χ4n) is 1.26. The minimum absolute atomic E-state index is 0.0836. The molecule has 0 aliphatic rings. The van der Waals surface area contributed by atoms with Gasteiger partial charge in [-0.2, -0.15) is 0 Å². The summed E-state index contributed by atoms with van der Waals surface area (Å²) in [6, 6.07) is 3.99. The molecule has 0 heterocycles. The number of carboxylic acid groups (broad SMARTS) is 1. The third-order valence-electron chi connectivity index (χ3n) is 2.09. The second-order valence-corrected chi connectivity index (χ2v) is 3.40. The van der Waals surface area contributed by atoms with Crippen LogP contribution in [0.15, 0.2) is 36.9 Å². The second kappa shape index (κ2) is 5.79. The summed E-state index contributed by atoms with van der Waals surface area (Å²) in [5, 5.41) is 11.1. The first-order chi connectivity index (χ1) is 8.04. The number of carboxylic acids is 1. The van der Waals surface area contributed by atoms with E-state index in [2.05, 4.69) is 11.9 Å². The fraction of sp³-hybridized carbons (Fsp3) is 0.167. The summed E-state index contributed by atoms with van der Waals surface area (Å²) in [7, 11) is 0. The molecule has 0 aliphatic carbocycles. The normalized spacial score (nSPS) is 11.6. The van der Waals surface area contributed by atoms with Crippen LogP contribution in [0, 0.1) is 5.82 Å². The van der Waals surface area contributed by atoms with E-state index in [0.717, 1.165) is 6.07 Å². The van der Waals surface area contributed by atoms with Crippen molar-refractivity contribution in [1.29, 1.82) is 0 Å². The molecule has 0 aliphatic heterocycles. The lowest BCUT2D eigenvalue weighted by Gasteiger charge is -2.12. The highest BCUT2D eigenvalue weighted by Gasteiger charge is 2.19. The van der Waals surface area contributed by atoms with Crippen LogP contribution in [0.1, 0.15) is 16.8 Å². The van der Waals surface area contributed by atoms with Crippen molar-refractivity contribution in [3.05, 3.63) is 48.3 Å². The van der Waals surface area contributed by atoms with Gasteiger partial charge < -0.3 is 10.4 Å². The maximum atomic E-state index is 12.9. The van der Waals surface area contributed by atoms with Crippen LogP contribution in [0.3, 0.4) is 0 Å². The number of aliphatic carboxylic acids is 1. The highest BCUT2D eigenvalue weighted by molar-refractivity contribution is 5.96. The molecule has 0 aromatic heterocycles. The van der Waals surface area contributed by atoms with Crippen LogP contribution in [0.5, 0.6) is 0 Å². The van der Waals surface area contributed by atoms with Gasteiger partial charge in [-0.15, -0.1) is 6.58 Å². The predicted molar refractivity (Wildman–Crippen MR) is 60.1 cm³/mol. The molecule has 0 radical (unpaired) electrons. The molecular formula is C12H12FNO3. The van der Waals surface area contributed by atoms with E-state index in [1.54, 1.807) is 0 Å². The van der Waals surface area contributed by atoms with E-state index in [1.807, 2.05) is 0 Å². The Kier molecular flexibility index (Phi) is 4.39. The maximum absolute atomic E-state index is 12.9. The van der Waals surface area contributed by atoms with Crippen LogP contribution in [0.2, 0.25) is 0 Å². The number of amides is 1. The Hall–Kier alpha value is -2.17. The first-order valence-corrected chi connectivity index (χ1v) is 4.94. The average Bonchev–Trinajstić information content (AvgIpc) is 2.28. The van der Waals surface area contributed by atoms with Crippen LogP contribution in [0.4, 0.5) is 4.39 Å². The maximum Gasteiger partial charge on any atom is 0.326 e. The van der Waals surface area contributed by atoms with E-state index in [0.29, 0.717) is 0 Å². The smallest absolute Gasteiger partial charge is 0.326 e. The van der Waals surface area contributed by atoms with Gasteiger partial charge in [0.25, 0.3) is 5.91 Å². The van der Waals surface area contributed by atoms with Gasteiger partial charge in [-0.3, -0.25) is 4.79 Å². The lowest BCUT2D eigenvalue weighted by Crippen LogP contribution is -2.40. The van der Waals surface area contributed by atoms with Gasteiger partial charge in [0.1, 0.15) is 11.9 Å². The first-order valence-electron chi connectivity index (χ1n) is 4.94. The van der Waals surface area contributed by atoms with E-state index in [4.69, 9.17) is 5.11 Å². The zero-order valence-electron chi connectivity index (χ0n) is 9.02. The average molecular weight is 237 g/mol. The molecule has 17 heavy (non-hydrogen) atoms. The molecular weight excluding hydrogens is 225 g/mol. The molecule has 0 saturated heterocycles. The molecule has 1 amide bonds. The third kappa shape index (κ3) is 3.71. The molecule has 1 atom stereocenters. The van der Waals surface area contributed by atoms with E-state index < -0.39 is 23.7 Å². The van der Waals surface area contributed by atoms with E-state index in [-0.39, 0.29) is 12.0 Å². The Morgan fingerprint density at radius 3 is 2.76 bits per heavy atom. The number of hydrogen-bond acceptors (Lipinski definition) is 2. The molecule has 0 unspecified atom stereocenters. The summed E-state index contributed by atoms with van der Waals surface area (Å²) in [6.07, 6.45) is 1.50. The first kappa shape index (κ1) is 12.9. The van der Waals surface area contributed by atoms with Crippen molar-refractivity contribution in [1.82, 2.24) is 5.32 Å². The van der Waals surface area contributed by atoms with Crippen molar-refractivity contribution in [3.8, 4) is 0 Å². The summed E-state index contributed by atoms with van der Waals surface area (Å²) in [4.78, 5) is 22.4. The highest BCUT2D eigenvalue weighted by Crippen LogP contribution is 2.04. The summed E-state index contributed by atoms with van der Waals surface area (Å²) >= 11 is 0. The number of benzene rings is 1. The van der Waals surface area contributed by atoms with Gasteiger partial charge in [-0.1, -0.05) is 12.1 Å². The summed E-state index contributed by atoms with van der Waals surface area (Å²) < 4.78 is 12.9. The van der Waals surface area contributed by atoms with Crippen molar-refractivity contribution in [3.63, 3.8) is 0 Å². The molecule has 0 bridgehead atoms. The summed E-state index contributed by atoms with van der Waals surface area (Å²) in [6.45, 7) is 3.40. The van der Waals surface area contributed by atoms with Crippen LogP contribution < -0.4 is 5.32 Å². The van der Waals surface area contributed by atoms with Gasteiger partial charge in [0, 0.05) is 5.56 Å². The zero-order chi connectivity index (χ0) is 12.8. The quantitative estimate of drug-likeness (QED) is 0.764. The van der Waals surface area contributed by atoms with Gasteiger partial charge in [0.15, 0.2) is 0 Å². The lowest BCUT2D eigenvalue weighted by molar-refractivity contribution is -0.139. The van der Waals surface area contributed by atoms with Gasteiger partial charge >= 0.3 is 5.97 Å². The second-order valence-electron chi connectivity index (χ2n) is 3.40. The van der Waals surface area contributed by atoms with Crippen molar-refractivity contribution < 1.29 is 19.1 Å². The Morgan fingerprint density at radius 2 is 2.24 bits per heavy atom.